The van der Waals surface area contributed by atoms with E-state index in [4.69, 9.17) is 4.74 Å². The number of hydrogen-bond acceptors (Lipinski definition) is 7. The molecular formula is C18H26N4O3S2. The second-order valence-corrected chi connectivity index (χ2v) is 8.87. The molecule has 1 aromatic rings. The fourth-order valence-corrected chi connectivity index (χ4v) is 4.83. The summed E-state index contributed by atoms with van der Waals surface area (Å²) in [6, 6.07) is 1.94. The second kappa shape index (κ2) is 9.68. The maximum Gasteiger partial charge on any atom is 0.243 e. The van der Waals surface area contributed by atoms with Crippen LogP contribution in [0.15, 0.2) is 21.8 Å². The summed E-state index contributed by atoms with van der Waals surface area (Å²) in [6.07, 6.45) is 1.87. The molecule has 0 bridgehead atoms. The van der Waals surface area contributed by atoms with Crippen LogP contribution in [0.5, 0.6) is 0 Å². The van der Waals surface area contributed by atoms with Gasteiger partial charge in [0.05, 0.1) is 18.3 Å². The standard InChI is InChI=1S/C18H26N4O3S2/c1-21(2)7-3-6-19-16(23)10-15-17(24)22(14-4-8-25-11-14)18(27-15)20-13-5-9-26-12-13/h5,9,12,14-15H,3-4,6-8,10-11H2,1-2H3,(H,19,23). The van der Waals surface area contributed by atoms with Gasteiger partial charge in [-0.05, 0) is 44.9 Å². The highest BCUT2D eigenvalue weighted by Crippen LogP contribution is 2.35. The average molecular weight is 411 g/mol. The molecule has 2 amide bonds. The van der Waals surface area contributed by atoms with Crippen LogP contribution in [-0.4, -0.2) is 78.5 Å². The molecule has 148 valence electrons. The Hall–Kier alpha value is -1.42. The van der Waals surface area contributed by atoms with Crippen LogP contribution in [-0.2, 0) is 14.3 Å². The van der Waals surface area contributed by atoms with Crippen molar-refractivity contribution in [3.05, 3.63) is 16.8 Å². The lowest BCUT2D eigenvalue weighted by Gasteiger charge is -2.22. The molecule has 9 heteroatoms. The zero-order valence-corrected chi connectivity index (χ0v) is 17.4. The predicted octanol–water partition coefficient (Wildman–Crippen LogP) is 1.93. The second-order valence-electron chi connectivity index (χ2n) is 6.92. The molecule has 2 atom stereocenters. The molecule has 2 aliphatic rings. The Kier molecular flexibility index (Phi) is 7.28. The van der Waals surface area contributed by atoms with E-state index in [2.05, 4.69) is 15.2 Å². The first-order valence-corrected chi connectivity index (χ1v) is 11.0. The minimum Gasteiger partial charge on any atom is -0.379 e. The van der Waals surface area contributed by atoms with Crippen molar-refractivity contribution in [2.75, 3.05) is 40.4 Å². The monoisotopic (exact) mass is 410 g/mol. The van der Waals surface area contributed by atoms with Gasteiger partial charge in [-0.25, -0.2) is 4.99 Å². The number of amides is 2. The lowest BCUT2D eigenvalue weighted by atomic mass is 10.2. The molecule has 2 fully saturated rings. The van der Waals surface area contributed by atoms with Gasteiger partial charge >= 0.3 is 0 Å². The Morgan fingerprint density at radius 3 is 3.00 bits per heavy atom. The van der Waals surface area contributed by atoms with E-state index in [1.54, 1.807) is 16.2 Å². The van der Waals surface area contributed by atoms with Crippen molar-refractivity contribution in [1.82, 2.24) is 15.1 Å². The molecule has 0 aromatic carbocycles. The lowest BCUT2D eigenvalue weighted by molar-refractivity contribution is -0.130. The van der Waals surface area contributed by atoms with Crippen LogP contribution in [0.1, 0.15) is 19.3 Å². The number of rotatable bonds is 8. The number of carbonyl (C=O) groups excluding carboxylic acids is 2. The van der Waals surface area contributed by atoms with E-state index in [1.807, 2.05) is 30.9 Å². The van der Waals surface area contributed by atoms with E-state index in [1.165, 1.54) is 11.8 Å². The molecule has 0 spiro atoms. The quantitative estimate of drug-likeness (QED) is 0.663. The van der Waals surface area contributed by atoms with Crippen LogP contribution in [0, 0.1) is 0 Å². The summed E-state index contributed by atoms with van der Waals surface area (Å²) in [7, 11) is 4.01. The zero-order chi connectivity index (χ0) is 19.2. The van der Waals surface area contributed by atoms with Gasteiger partial charge in [-0.1, -0.05) is 11.8 Å². The van der Waals surface area contributed by atoms with E-state index in [0.717, 1.165) is 25.1 Å². The van der Waals surface area contributed by atoms with Gasteiger partial charge in [0.15, 0.2) is 5.17 Å². The van der Waals surface area contributed by atoms with Crippen molar-refractivity contribution in [3.8, 4) is 0 Å². The number of thiophene rings is 1. The van der Waals surface area contributed by atoms with Crippen LogP contribution < -0.4 is 5.32 Å². The topological polar surface area (TPSA) is 74.2 Å². The lowest BCUT2D eigenvalue weighted by Crippen LogP contribution is -2.42. The summed E-state index contributed by atoms with van der Waals surface area (Å²) in [5.41, 5.74) is 0.841. The smallest absolute Gasteiger partial charge is 0.243 e. The summed E-state index contributed by atoms with van der Waals surface area (Å²) in [6.45, 7) is 2.73. The van der Waals surface area contributed by atoms with Crippen LogP contribution in [0.2, 0.25) is 0 Å². The first-order chi connectivity index (χ1) is 13.0. The molecule has 1 aromatic heterocycles. The average Bonchev–Trinajstić information content (AvgIpc) is 3.35. The van der Waals surface area contributed by atoms with Gasteiger partial charge in [-0.3, -0.25) is 14.5 Å². The fraction of sp³-hybridized carbons (Fsp3) is 0.611. The van der Waals surface area contributed by atoms with Crippen LogP contribution in [0.4, 0.5) is 5.69 Å². The number of ether oxygens (including phenoxy) is 1. The van der Waals surface area contributed by atoms with Crippen molar-refractivity contribution in [1.29, 1.82) is 0 Å². The largest absolute Gasteiger partial charge is 0.379 e. The van der Waals surface area contributed by atoms with Gasteiger partial charge < -0.3 is 15.0 Å². The minimum atomic E-state index is -0.420. The maximum atomic E-state index is 13.0. The van der Waals surface area contributed by atoms with Crippen LogP contribution in [0.3, 0.4) is 0 Å². The molecule has 0 saturated carbocycles. The van der Waals surface area contributed by atoms with Crippen molar-refractivity contribution < 1.29 is 14.3 Å². The molecular weight excluding hydrogens is 384 g/mol. The highest BCUT2D eigenvalue weighted by molar-refractivity contribution is 8.15. The number of aliphatic imine (C=N–C) groups is 1. The van der Waals surface area contributed by atoms with E-state index in [0.29, 0.717) is 24.9 Å². The number of nitrogens with one attached hydrogen (secondary N) is 1. The Morgan fingerprint density at radius 2 is 2.33 bits per heavy atom. The Balaban J connectivity index is 1.62. The maximum absolute atomic E-state index is 13.0. The van der Waals surface area contributed by atoms with Gasteiger partial charge in [0, 0.05) is 25.0 Å². The molecule has 3 heterocycles. The highest BCUT2D eigenvalue weighted by atomic mass is 32.2. The van der Waals surface area contributed by atoms with Crippen molar-refractivity contribution in [3.63, 3.8) is 0 Å². The molecule has 27 heavy (non-hydrogen) atoms. The Morgan fingerprint density at radius 1 is 1.48 bits per heavy atom. The normalized spacial score (nSPS) is 24.3. The highest BCUT2D eigenvalue weighted by Gasteiger charge is 2.43. The predicted molar refractivity (Wildman–Crippen MR) is 110 cm³/mol. The Labute approximate surface area is 168 Å². The fourth-order valence-electron chi connectivity index (χ4n) is 3.05. The third-order valence-electron chi connectivity index (χ3n) is 4.44. The minimum absolute atomic E-state index is 0.00976. The number of carbonyl (C=O) groups is 2. The molecule has 2 aliphatic heterocycles. The summed E-state index contributed by atoms with van der Waals surface area (Å²) in [5, 5.41) is 7.09. The number of nitrogens with zero attached hydrogens (tertiary/aromatic N) is 3. The molecule has 2 unspecified atom stereocenters. The third-order valence-corrected chi connectivity index (χ3v) is 6.27. The first-order valence-electron chi connectivity index (χ1n) is 9.14. The number of thioether (sulfide) groups is 1. The number of amidine groups is 1. The molecule has 0 aliphatic carbocycles. The van der Waals surface area contributed by atoms with Gasteiger partial charge in [0.25, 0.3) is 0 Å². The molecule has 2 saturated heterocycles. The van der Waals surface area contributed by atoms with Crippen LogP contribution in [0.25, 0.3) is 0 Å². The first kappa shape index (κ1) is 20.3. The van der Waals surface area contributed by atoms with Crippen LogP contribution >= 0.6 is 23.1 Å². The molecule has 1 N–H and O–H groups in total. The van der Waals surface area contributed by atoms with E-state index >= 15 is 0 Å². The number of hydrogen-bond donors (Lipinski definition) is 1. The van der Waals surface area contributed by atoms with Gasteiger partial charge in [0.2, 0.25) is 11.8 Å². The summed E-state index contributed by atoms with van der Waals surface area (Å²) >= 11 is 2.96. The summed E-state index contributed by atoms with van der Waals surface area (Å²) < 4.78 is 5.46. The zero-order valence-electron chi connectivity index (χ0n) is 15.7. The van der Waals surface area contributed by atoms with Crippen molar-refractivity contribution >= 4 is 45.8 Å². The van der Waals surface area contributed by atoms with E-state index in [-0.39, 0.29) is 24.3 Å². The third kappa shape index (κ3) is 5.54. The van der Waals surface area contributed by atoms with Crippen molar-refractivity contribution in [2.45, 2.75) is 30.6 Å². The molecule has 7 nitrogen and oxygen atoms in total. The summed E-state index contributed by atoms with van der Waals surface area (Å²) in [5.74, 6) is -0.119. The van der Waals surface area contributed by atoms with Crippen molar-refractivity contribution in [2.24, 2.45) is 4.99 Å². The SMILES string of the molecule is CN(C)CCCNC(=O)CC1SC(=Nc2ccsc2)N(C2CCOC2)C1=O. The van der Waals surface area contributed by atoms with Gasteiger partial charge in [-0.15, -0.1) is 0 Å². The molecule has 3 rings (SSSR count). The van der Waals surface area contributed by atoms with E-state index < -0.39 is 5.25 Å². The summed E-state index contributed by atoms with van der Waals surface area (Å²) in [4.78, 5) is 33.7. The van der Waals surface area contributed by atoms with Gasteiger partial charge in [0.1, 0.15) is 5.25 Å². The van der Waals surface area contributed by atoms with Gasteiger partial charge in [-0.2, -0.15) is 11.3 Å². The Bertz CT molecular complexity index is 672. The van der Waals surface area contributed by atoms with E-state index in [9.17, 15) is 9.59 Å². The molecule has 0 radical (unpaired) electrons.